The van der Waals surface area contributed by atoms with Crippen LogP contribution < -0.4 is 15.3 Å². The van der Waals surface area contributed by atoms with E-state index in [0.29, 0.717) is 17.7 Å². The van der Waals surface area contributed by atoms with Crippen LogP contribution in [0.3, 0.4) is 0 Å². The lowest BCUT2D eigenvalue weighted by atomic mass is 9.96. The Hall–Kier alpha value is -4.41. The third-order valence-electron chi connectivity index (χ3n) is 6.28. The van der Waals surface area contributed by atoms with Gasteiger partial charge in [-0.25, -0.2) is 0 Å². The molecule has 3 heteroatoms. The lowest BCUT2D eigenvalue weighted by Crippen LogP contribution is -2.15. The van der Waals surface area contributed by atoms with Crippen LogP contribution in [0.2, 0.25) is 0 Å². The van der Waals surface area contributed by atoms with Gasteiger partial charge in [-0.2, -0.15) is 0 Å². The van der Waals surface area contributed by atoms with Crippen LogP contribution in [0.5, 0.6) is 5.75 Å². The highest BCUT2D eigenvalue weighted by Crippen LogP contribution is 2.51. The molecule has 0 aliphatic carbocycles. The molecule has 0 N–H and O–H groups in total. The van der Waals surface area contributed by atoms with E-state index in [0.717, 1.165) is 44.5 Å². The van der Waals surface area contributed by atoms with E-state index in [4.69, 9.17) is 17.6 Å². The maximum absolute atomic E-state index is 14.1. The highest BCUT2D eigenvalue weighted by atomic mass is 31.2. The fourth-order valence-electron chi connectivity index (χ4n) is 4.49. The molecule has 1 heterocycles. The Morgan fingerprint density at radius 1 is 0.861 bits per heavy atom. The van der Waals surface area contributed by atoms with Crippen LogP contribution in [0.1, 0.15) is 28.7 Å². The smallest absolute Gasteiger partial charge is 0.164 e. The number of hydrogen-bond acceptors (Lipinski definition) is 2. The average molecular weight is 483 g/mol. The van der Waals surface area contributed by atoms with Crippen LogP contribution in [0, 0.1) is 36.5 Å². The number of hydrogen-bond donors (Lipinski definition) is 0. The van der Waals surface area contributed by atoms with Crippen molar-refractivity contribution in [2.45, 2.75) is 12.8 Å². The summed E-state index contributed by atoms with van der Waals surface area (Å²) in [6, 6.07) is 25.7. The van der Waals surface area contributed by atoms with Crippen molar-refractivity contribution in [3.63, 3.8) is 0 Å². The van der Waals surface area contributed by atoms with Gasteiger partial charge < -0.3 is 9.30 Å². The molecular formula is C33H23O2P. The highest BCUT2D eigenvalue weighted by Gasteiger charge is 2.31. The molecule has 0 bridgehead atoms. The van der Waals surface area contributed by atoms with Crippen molar-refractivity contribution in [2.75, 3.05) is 6.61 Å². The minimum Gasteiger partial charge on any atom is -0.480 e. The van der Waals surface area contributed by atoms with Crippen molar-refractivity contribution < 1.29 is 9.30 Å². The van der Waals surface area contributed by atoms with Crippen LogP contribution in [-0.2, 0) is 11.0 Å². The van der Waals surface area contributed by atoms with Gasteiger partial charge in [0.2, 0.25) is 0 Å². The maximum Gasteiger partial charge on any atom is 0.164 e. The first-order valence-corrected chi connectivity index (χ1v) is 13.5. The Labute approximate surface area is 212 Å². The molecule has 0 radical (unpaired) electrons. The van der Waals surface area contributed by atoms with Crippen LogP contribution in [0.25, 0.3) is 16.8 Å². The lowest BCUT2D eigenvalue weighted by Gasteiger charge is -2.15. The van der Waals surface area contributed by atoms with Gasteiger partial charge in [0, 0.05) is 22.6 Å². The third kappa shape index (κ3) is 4.35. The summed E-state index contributed by atoms with van der Waals surface area (Å²) in [5.74, 6) is 14.3. The van der Waals surface area contributed by atoms with Crippen LogP contribution >= 0.6 is 7.14 Å². The SMILES string of the molecule is C#CCCc1ccc2ccccc2c1C#Cc1cc2c(cc1OCC#C)C=CP2(=O)c1ccccc1. The third-order valence-corrected chi connectivity index (χ3v) is 9.02. The molecule has 0 aromatic heterocycles. The van der Waals surface area contributed by atoms with E-state index in [2.05, 4.69) is 47.9 Å². The van der Waals surface area contributed by atoms with Gasteiger partial charge in [0.25, 0.3) is 0 Å². The van der Waals surface area contributed by atoms with E-state index in [1.165, 1.54) is 0 Å². The molecule has 0 amide bonds. The second-order valence-corrected chi connectivity index (χ2v) is 11.1. The average Bonchev–Trinajstić information content (AvgIpc) is 3.26. The van der Waals surface area contributed by atoms with E-state index in [9.17, 15) is 4.57 Å². The summed E-state index contributed by atoms with van der Waals surface area (Å²) in [5, 5.41) is 3.74. The topological polar surface area (TPSA) is 26.3 Å². The summed E-state index contributed by atoms with van der Waals surface area (Å²) in [5.41, 5.74) is 3.55. The van der Waals surface area contributed by atoms with Crippen LogP contribution in [0.4, 0.5) is 0 Å². The molecule has 1 aliphatic heterocycles. The molecule has 0 saturated heterocycles. The van der Waals surface area contributed by atoms with Crippen LogP contribution in [0.15, 0.2) is 84.7 Å². The minimum absolute atomic E-state index is 0.120. The molecule has 1 atom stereocenters. The lowest BCUT2D eigenvalue weighted by molar-refractivity contribution is 0.369. The number of fused-ring (bicyclic) bond motifs is 2. The predicted octanol–water partition coefficient (Wildman–Crippen LogP) is 6.12. The van der Waals surface area contributed by atoms with Crippen molar-refractivity contribution in [1.29, 1.82) is 0 Å². The first kappa shape index (κ1) is 23.3. The van der Waals surface area contributed by atoms with E-state index in [1.807, 2.05) is 60.7 Å². The Kier molecular flexibility index (Phi) is 6.52. The van der Waals surface area contributed by atoms with E-state index in [-0.39, 0.29) is 6.61 Å². The Bertz CT molecular complexity index is 1690. The van der Waals surface area contributed by atoms with E-state index in [1.54, 1.807) is 5.82 Å². The number of aryl methyl sites for hydroxylation is 1. The Morgan fingerprint density at radius 2 is 1.67 bits per heavy atom. The van der Waals surface area contributed by atoms with Crippen molar-refractivity contribution in [3.05, 3.63) is 107 Å². The molecule has 172 valence electrons. The number of ether oxygens (including phenoxy) is 1. The van der Waals surface area contributed by atoms with Gasteiger partial charge in [-0.05, 0) is 52.3 Å². The molecule has 1 aliphatic rings. The number of terminal acetylenes is 2. The fraction of sp³-hybridized carbons (Fsp3) is 0.0909. The normalized spacial score (nSPS) is 15.4. The summed E-state index contributed by atoms with van der Waals surface area (Å²) in [4.78, 5) is 0. The largest absolute Gasteiger partial charge is 0.480 e. The zero-order valence-corrected chi connectivity index (χ0v) is 20.6. The van der Waals surface area contributed by atoms with Gasteiger partial charge in [0.1, 0.15) is 12.4 Å². The molecule has 36 heavy (non-hydrogen) atoms. The maximum atomic E-state index is 14.1. The molecule has 5 rings (SSSR count). The van der Waals surface area contributed by atoms with Crippen LogP contribution in [-0.4, -0.2) is 6.61 Å². The highest BCUT2D eigenvalue weighted by molar-refractivity contribution is 7.82. The summed E-state index contributed by atoms with van der Waals surface area (Å²) in [6.07, 6.45) is 14.3. The van der Waals surface area contributed by atoms with Gasteiger partial charge in [0.05, 0.1) is 5.56 Å². The molecule has 0 saturated carbocycles. The molecular weight excluding hydrogens is 459 g/mol. The van der Waals surface area contributed by atoms with Gasteiger partial charge in [-0.15, -0.1) is 18.8 Å². The van der Waals surface area contributed by atoms with Gasteiger partial charge in [-0.3, -0.25) is 0 Å². The van der Waals surface area contributed by atoms with Crippen molar-refractivity contribution in [2.24, 2.45) is 0 Å². The quantitative estimate of drug-likeness (QED) is 0.253. The predicted molar refractivity (Wildman–Crippen MR) is 150 cm³/mol. The number of rotatable bonds is 5. The molecule has 0 fully saturated rings. The molecule has 4 aromatic carbocycles. The molecule has 1 unspecified atom stereocenters. The molecule has 4 aromatic rings. The Balaban J connectivity index is 1.67. The second kappa shape index (κ2) is 10.1. The Morgan fingerprint density at radius 3 is 2.47 bits per heavy atom. The fourth-order valence-corrected chi connectivity index (χ4v) is 6.93. The van der Waals surface area contributed by atoms with E-state index >= 15 is 0 Å². The first-order chi connectivity index (χ1) is 17.6. The van der Waals surface area contributed by atoms with Gasteiger partial charge in [-0.1, -0.05) is 84.5 Å². The molecule has 0 spiro atoms. The molecule has 2 nitrogen and oxygen atoms in total. The zero-order valence-electron chi connectivity index (χ0n) is 19.7. The number of benzene rings is 4. The summed E-state index contributed by atoms with van der Waals surface area (Å²) >= 11 is 0. The monoisotopic (exact) mass is 482 g/mol. The van der Waals surface area contributed by atoms with E-state index < -0.39 is 7.14 Å². The summed E-state index contributed by atoms with van der Waals surface area (Å²) < 4.78 is 20.0. The summed E-state index contributed by atoms with van der Waals surface area (Å²) in [7, 11) is -2.91. The standard InChI is InChI=1S/C33H23O2P/c1-3-5-11-25-16-17-26-12-9-10-15-30(26)31(25)19-18-27-24-33-28(23-32(27)35-21-4-2)20-22-36(33,34)29-13-7-6-8-14-29/h1-2,6-10,12-17,20,22-24H,5,11,21H2. The van der Waals surface area contributed by atoms with Gasteiger partial charge >= 0.3 is 0 Å². The van der Waals surface area contributed by atoms with Gasteiger partial charge in [0.15, 0.2) is 7.14 Å². The second-order valence-electron chi connectivity index (χ2n) is 8.48. The van der Waals surface area contributed by atoms with Crippen molar-refractivity contribution in [3.8, 4) is 42.3 Å². The summed E-state index contributed by atoms with van der Waals surface area (Å²) in [6.45, 7) is 0.120. The zero-order chi connectivity index (χ0) is 25.0. The minimum atomic E-state index is -2.91. The first-order valence-electron chi connectivity index (χ1n) is 11.7. The van der Waals surface area contributed by atoms with Crippen molar-refractivity contribution in [1.82, 2.24) is 0 Å². The van der Waals surface area contributed by atoms with Crippen molar-refractivity contribution >= 4 is 34.6 Å².